The summed E-state index contributed by atoms with van der Waals surface area (Å²) in [5.41, 5.74) is 0.763. The molecule has 1 fully saturated rings. The molecule has 2 heterocycles. The Morgan fingerprint density at radius 3 is 2.60 bits per heavy atom. The number of amides is 1. The van der Waals surface area contributed by atoms with E-state index in [1.54, 1.807) is 6.20 Å². The lowest BCUT2D eigenvalue weighted by Gasteiger charge is -2.27. The Balaban J connectivity index is 1.95. The predicted molar refractivity (Wildman–Crippen MR) is 80.0 cm³/mol. The van der Waals surface area contributed by atoms with Crippen molar-refractivity contribution in [1.82, 2.24) is 4.98 Å². The lowest BCUT2D eigenvalue weighted by Crippen LogP contribution is -2.36. The van der Waals surface area contributed by atoms with Gasteiger partial charge in [0.15, 0.2) is 0 Å². The number of nitrogens with zero attached hydrogens (tertiary/aromatic N) is 2. The lowest BCUT2D eigenvalue weighted by molar-refractivity contribution is -0.120. The zero-order chi connectivity index (χ0) is 14.4. The van der Waals surface area contributed by atoms with Gasteiger partial charge in [-0.15, -0.1) is 0 Å². The van der Waals surface area contributed by atoms with Crippen LogP contribution in [0.2, 0.25) is 0 Å². The van der Waals surface area contributed by atoms with Gasteiger partial charge in [-0.2, -0.15) is 0 Å². The Morgan fingerprint density at radius 1 is 1.35 bits per heavy atom. The van der Waals surface area contributed by atoms with Crippen LogP contribution in [0.15, 0.2) is 18.3 Å². The topological polar surface area (TPSA) is 54.5 Å². The Kier molecular flexibility index (Phi) is 5.35. The van der Waals surface area contributed by atoms with Crippen LogP contribution in [0.25, 0.3) is 0 Å². The second-order valence-electron chi connectivity index (χ2n) is 5.01. The lowest BCUT2D eigenvalue weighted by atomic mass is 10.0. The summed E-state index contributed by atoms with van der Waals surface area (Å²) in [6.45, 7) is 7.30. The fraction of sp³-hybridized carbons (Fsp3) is 0.600. The summed E-state index contributed by atoms with van der Waals surface area (Å²) in [6, 6.07) is 3.87. The standard InChI is InChI=1S/C15H23N3O2/c1-3-12(4-2)15(19)17-13-5-6-14(16-11-13)18-7-9-20-10-8-18/h5-6,11-12H,3-4,7-10H2,1-2H3,(H,17,19). The minimum absolute atomic E-state index is 0.0777. The molecule has 0 atom stereocenters. The first-order valence-corrected chi connectivity index (χ1v) is 7.34. The van der Waals surface area contributed by atoms with Gasteiger partial charge in [0.05, 0.1) is 25.1 Å². The number of rotatable bonds is 5. The highest BCUT2D eigenvalue weighted by molar-refractivity contribution is 5.92. The zero-order valence-corrected chi connectivity index (χ0v) is 12.3. The van der Waals surface area contributed by atoms with E-state index in [0.717, 1.165) is 50.7 Å². The molecule has 1 amide bonds. The first-order chi connectivity index (χ1) is 9.74. The third kappa shape index (κ3) is 3.70. The quantitative estimate of drug-likeness (QED) is 0.897. The molecule has 1 saturated heterocycles. The first-order valence-electron chi connectivity index (χ1n) is 7.34. The maximum absolute atomic E-state index is 12.0. The molecule has 5 heteroatoms. The van der Waals surface area contributed by atoms with E-state index >= 15 is 0 Å². The number of hydrogen-bond donors (Lipinski definition) is 1. The molecule has 0 spiro atoms. The molecule has 0 bridgehead atoms. The number of morpholine rings is 1. The Labute approximate surface area is 120 Å². The van der Waals surface area contributed by atoms with Gasteiger partial charge in [0.2, 0.25) is 5.91 Å². The summed E-state index contributed by atoms with van der Waals surface area (Å²) in [7, 11) is 0. The summed E-state index contributed by atoms with van der Waals surface area (Å²) in [4.78, 5) is 18.6. The first kappa shape index (κ1) is 14.8. The minimum Gasteiger partial charge on any atom is -0.378 e. The average molecular weight is 277 g/mol. The van der Waals surface area contributed by atoms with E-state index in [2.05, 4.69) is 15.2 Å². The van der Waals surface area contributed by atoms with Crippen LogP contribution in [0.3, 0.4) is 0 Å². The van der Waals surface area contributed by atoms with E-state index < -0.39 is 0 Å². The third-order valence-corrected chi connectivity index (χ3v) is 3.71. The molecule has 5 nitrogen and oxygen atoms in total. The molecule has 0 saturated carbocycles. The number of anilines is 2. The second kappa shape index (κ2) is 7.24. The Bertz CT molecular complexity index is 423. The zero-order valence-electron chi connectivity index (χ0n) is 12.3. The van der Waals surface area contributed by atoms with Crippen LogP contribution in [0.5, 0.6) is 0 Å². The van der Waals surface area contributed by atoms with Gasteiger partial charge in [-0.3, -0.25) is 4.79 Å². The number of aromatic nitrogens is 1. The van der Waals surface area contributed by atoms with Crippen LogP contribution >= 0.6 is 0 Å². The maximum atomic E-state index is 12.0. The normalized spacial score (nSPS) is 15.4. The molecule has 1 aliphatic rings. The average Bonchev–Trinajstić information content (AvgIpc) is 2.50. The summed E-state index contributed by atoms with van der Waals surface area (Å²) < 4.78 is 5.32. The molecule has 1 aromatic heterocycles. The maximum Gasteiger partial charge on any atom is 0.227 e. The molecular formula is C15H23N3O2. The molecule has 1 N–H and O–H groups in total. The summed E-state index contributed by atoms with van der Waals surface area (Å²) in [5.74, 6) is 1.10. The fourth-order valence-corrected chi connectivity index (χ4v) is 2.34. The fourth-order valence-electron chi connectivity index (χ4n) is 2.34. The van der Waals surface area contributed by atoms with Crippen molar-refractivity contribution in [2.45, 2.75) is 26.7 Å². The molecule has 0 aliphatic carbocycles. The van der Waals surface area contributed by atoms with E-state index in [4.69, 9.17) is 4.74 Å². The number of carbonyl (C=O) groups is 1. The minimum atomic E-state index is 0.0777. The third-order valence-electron chi connectivity index (χ3n) is 3.71. The van der Waals surface area contributed by atoms with Crippen molar-refractivity contribution < 1.29 is 9.53 Å². The highest BCUT2D eigenvalue weighted by Crippen LogP contribution is 2.17. The van der Waals surface area contributed by atoms with Crippen molar-refractivity contribution in [2.24, 2.45) is 5.92 Å². The van der Waals surface area contributed by atoms with Gasteiger partial charge in [-0.25, -0.2) is 4.98 Å². The molecule has 20 heavy (non-hydrogen) atoms. The van der Waals surface area contributed by atoms with E-state index in [9.17, 15) is 4.79 Å². The van der Waals surface area contributed by atoms with E-state index in [-0.39, 0.29) is 11.8 Å². The van der Waals surface area contributed by atoms with Crippen LogP contribution in [0.4, 0.5) is 11.5 Å². The summed E-state index contributed by atoms with van der Waals surface area (Å²) >= 11 is 0. The van der Waals surface area contributed by atoms with Gasteiger partial charge in [0, 0.05) is 19.0 Å². The molecule has 1 aromatic rings. The molecule has 0 radical (unpaired) electrons. The van der Waals surface area contributed by atoms with Crippen LogP contribution in [0.1, 0.15) is 26.7 Å². The Morgan fingerprint density at radius 2 is 2.05 bits per heavy atom. The van der Waals surface area contributed by atoms with Crippen molar-refractivity contribution in [3.8, 4) is 0 Å². The van der Waals surface area contributed by atoms with Crippen molar-refractivity contribution in [3.63, 3.8) is 0 Å². The van der Waals surface area contributed by atoms with E-state index in [1.807, 2.05) is 26.0 Å². The number of carbonyl (C=O) groups excluding carboxylic acids is 1. The van der Waals surface area contributed by atoms with Crippen LogP contribution in [0, 0.1) is 5.92 Å². The smallest absolute Gasteiger partial charge is 0.227 e. The highest BCUT2D eigenvalue weighted by atomic mass is 16.5. The second-order valence-corrected chi connectivity index (χ2v) is 5.01. The molecular weight excluding hydrogens is 254 g/mol. The van der Waals surface area contributed by atoms with Gasteiger partial charge in [0.25, 0.3) is 0 Å². The molecule has 0 unspecified atom stereocenters. The molecule has 1 aliphatic heterocycles. The van der Waals surface area contributed by atoms with Crippen LogP contribution < -0.4 is 10.2 Å². The number of pyridine rings is 1. The van der Waals surface area contributed by atoms with Gasteiger partial charge in [-0.05, 0) is 25.0 Å². The van der Waals surface area contributed by atoms with Crippen molar-refractivity contribution >= 4 is 17.4 Å². The number of nitrogens with one attached hydrogen (secondary N) is 1. The SMILES string of the molecule is CCC(CC)C(=O)Nc1ccc(N2CCOCC2)nc1. The predicted octanol–water partition coefficient (Wildman–Crippen LogP) is 2.29. The van der Waals surface area contributed by atoms with Gasteiger partial charge >= 0.3 is 0 Å². The monoisotopic (exact) mass is 277 g/mol. The van der Waals surface area contributed by atoms with Gasteiger partial charge < -0.3 is 15.0 Å². The van der Waals surface area contributed by atoms with Gasteiger partial charge in [-0.1, -0.05) is 13.8 Å². The van der Waals surface area contributed by atoms with Crippen LogP contribution in [-0.4, -0.2) is 37.2 Å². The van der Waals surface area contributed by atoms with Crippen molar-refractivity contribution in [2.75, 3.05) is 36.5 Å². The van der Waals surface area contributed by atoms with E-state index in [1.165, 1.54) is 0 Å². The van der Waals surface area contributed by atoms with Crippen LogP contribution in [-0.2, 0) is 9.53 Å². The largest absolute Gasteiger partial charge is 0.378 e. The summed E-state index contributed by atoms with van der Waals surface area (Å²) in [6.07, 6.45) is 3.45. The van der Waals surface area contributed by atoms with E-state index in [0.29, 0.717) is 0 Å². The van der Waals surface area contributed by atoms with Crippen molar-refractivity contribution in [1.29, 1.82) is 0 Å². The molecule has 2 rings (SSSR count). The highest BCUT2D eigenvalue weighted by Gasteiger charge is 2.15. The van der Waals surface area contributed by atoms with Crippen molar-refractivity contribution in [3.05, 3.63) is 18.3 Å². The molecule has 110 valence electrons. The number of hydrogen-bond acceptors (Lipinski definition) is 4. The summed E-state index contributed by atoms with van der Waals surface area (Å²) in [5, 5.41) is 2.93. The number of ether oxygens (including phenoxy) is 1. The Hall–Kier alpha value is -1.62. The van der Waals surface area contributed by atoms with Gasteiger partial charge in [0.1, 0.15) is 5.82 Å². The molecule has 0 aromatic carbocycles.